The van der Waals surface area contributed by atoms with Crippen LogP contribution in [0.2, 0.25) is 0 Å². The molecule has 0 bridgehead atoms. The molecule has 1 aliphatic carbocycles. The van der Waals surface area contributed by atoms with Crippen molar-refractivity contribution in [2.75, 3.05) is 0 Å². The van der Waals surface area contributed by atoms with Crippen molar-refractivity contribution in [1.29, 1.82) is 0 Å². The second kappa shape index (κ2) is 6.01. The molecule has 1 aliphatic rings. The van der Waals surface area contributed by atoms with Crippen LogP contribution in [0.3, 0.4) is 0 Å². The maximum atomic E-state index is 4.46. The number of pyridine rings is 2. The summed E-state index contributed by atoms with van der Waals surface area (Å²) in [4.78, 5) is 8.83. The van der Waals surface area contributed by atoms with Crippen LogP contribution in [-0.2, 0) is 26.2 Å². The summed E-state index contributed by atoms with van der Waals surface area (Å²) in [5, 5.41) is 0. The van der Waals surface area contributed by atoms with Gasteiger partial charge in [0.05, 0.1) is 11.4 Å². The standard InChI is InChI=1S/C15H12N2.Zr/c1-2-7-12(6-1)13-8-5-11-17-15(13)14-9-3-4-10-16-14;/h1-6,8-11H,7H2;. The van der Waals surface area contributed by atoms with Crippen LogP contribution in [-0.4, -0.2) is 9.97 Å². The number of rotatable bonds is 2. The Balaban J connectivity index is 0.00000120. The summed E-state index contributed by atoms with van der Waals surface area (Å²) >= 11 is 0. The van der Waals surface area contributed by atoms with E-state index in [4.69, 9.17) is 0 Å². The van der Waals surface area contributed by atoms with Crippen LogP contribution in [0.4, 0.5) is 0 Å². The van der Waals surface area contributed by atoms with Gasteiger partial charge in [-0.1, -0.05) is 30.4 Å². The van der Waals surface area contributed by atoms with E-state index in [0.29, 0.717) is 0 Å². The topological polar surface area (TPSA) is 25.8 Å². The van der Waals surface area contributed by atoms with E-state index in [9.17, 15) is 0 Å². The Morgan fingerprint density at radius 3 is 2.56 bits per heavy atom. The average Bonchev–Trinajstić information content (AvgIpc) is 2.94. The first kappa shape index (κ1) is 13.1. The van der Waals surface area contributed by atoms with Gasteiger partial charge in [-0.3, -0.25) is 9.97 Å². The minimum atomic E-state index is 0. The van der Waals surface area contributed by atoms with Gasteiger partial charge in [0.2, 0.25) is 0 Å². The van der Waals surface area contributed by atoms with Crippen molar-refractivity contribution < 1.29 is 26.2 Å². The van der Waals surface area contributed by atoms with Crippen molar-refractivity contribution in [3.8, 4) is 11.4 Å². The van der Waals surface area contributed by atoms with Crippen LogP contribution in [0.15, 0.2) is 61.0 Å². The molecule has 2 aromatic rings. The summed E-state index contributed by atoms with van der Waals surface area (Å²) < 4.78 is 0. The van der Waals surface area contributed by atoms with E-state index in [1.807, 2.05) is 30.5 Å². The van der Waals surface area contributed by atoms with Crippen molar-refractivity contribution in [3.63, 3.8) is 0 Å². The Bertz CT molecular complexity index is 588. The molecule has 0 atom stereocenters. The van der Waals surface area contributed by atoms with Gasteiger partial charge >= 0.3 is 0 Å². The SMILES string of the molecule is C1=CCC(c2cccnc2-c2ccccn2)=C1.[Zr]. The maximum Gasteiger partial charge on any atom is 0.0961 e. The predicted molar refractivity (Wildman–Crippen MR) is 69.2 cm³/mol. The smallest absolute Gasteiger partial charge is 0.0961 e. The van der Waals surface area contributed by atoms with Crippen molar-refractivity contribution in [2.24, 2.45) is 0 Å². The third kappa shape index (κ3) is 2.57. The van der Waals surface area contributed by atoms with E-state index in [0.717, 1.165) is 17.8 Å². The van der Waals surface area contributed by atoms with Crippen molar-refractivity contribution in [1.82, 2.24) is 9.97 Å². The number of aromatic nitrogens is 2. The number of hydrogen-bond acceptors (Lipinski definition) is 2. The first-order chi connectivity index (χ1) is 8.45. The molecule has 2 nitrogen and oxygen atoms in total. The third-order valence-electron chi connectivity index (χ3n) is 2.83. The van der Waals surface area contributed by atoms with E-state index in [2.05, 4.69) is 34.3 Å². The number of hydrogen-bond donors (Lipinski definition) is 0. The first-order valence-corrected chi connectivity index (χ1v) is 5.67. The number of allylic oxidation sites excluding steroid dienone is 4. The molecule has 2 heterocycles. The minimum Gasteiger partial charge on any atom is -0.255 e. The molecule has 18 heavy (non-hydrogen) atoms. The van der Waals surface area contributed by atoms with Gasteiger partial charge in [0.15, 0.2) is 0 Å². The zero-order valence-corrected chi connectivity index (χ0v) is 12.3. The van der Waals surface area contributed by atoms with Crippen LogP contribution in [0.1, 0.15) is 12.0 Å². The maximum absolute atomic E-state index is 4.46. The Labute approximate surface area is 126 Å². The first-order valence-electron chi connectivity index (χ1n) is 5.67. The molecule has 0 aromatic carbocycles. The van der Waals surface area contributed by atoms with Crippen LogP contribution < -0.4 is 0 Å². The van der Waals surface area contributed by atoms with E-state index in [1.165, 1.54) is 11.1 Å². The fraction of sp³-hybridized carbons (Fsp3) is 0.0667. The van der Waals surface area contributed by atoms with Gasteiger partial charge in [-0.25, -0.2) is 0 Å². The minimum absolute atomic E-state index is 0. The molecule has 2 aromatic heterocycles. The molecule has 0 aliphatic heterocycles. The zero-order valence-electron chi connectivity index (χ0n) is 9.88. The van der Waals surface area contributed by atoms with Crippen molar-refractivity contribution in [2.45, 2.75) is 6.42 Å². The molecule has 0 N–H and O–H groups in total. The largest absolute Gasteiger partial charge is 0.255 e. The summed E-state index contributed by atoms with van der Waals surface area (Å²) in [5.74, 6) is 0. The zero-order chi connectivity index (χ0) is 11.5. The fourth-order valence-corrected chi connectivity index (χ4v) is 2.02. The molecular formula is C15H12N2Zr. The van der Waals surface area contributed by atoms with Gasteiger partial charge in [-0.05, 0) is 30.2 Å². The van der Waals surface area contributed by atoms with E-state index in [-0.39, 0.29) is 26.2 Å². The Morgan fingerprint density at radius 2 is 1.83 bits per heavy atom. The monoisotopic (exact) mass is 310 g/mol. The molecule has 0 fully saturated rings. The van der Waals surface area contributed by atoms with Gasteiger partial charge in [0.1, 0.15) is 0 Å². The van der Waals surface area contributed by atoms with Gasteiger partial charge in [0.25, 0.3) is 0 Å². The Kier molecular flexibility index (Phi) is 4.38. The fourth-order valence-electron chi connectivity index (χ4n) is 2.02. The molecule has 0 amide bonds. The molecule has 0 unspecified atom stereocenters. The van der Waals surface area contributed by atoms with Crippen molar-refractivity contribution in [3.05, 3.63) is 66.5 Å². The normalized spacial score (nSPS) is 13.0. The molecule has 86 valence electrons. The molecule has 3 rings (SSSR count). The summed E-state index contributed by atoms with van der Waals surface area (Å²) in [6.45, 7) is 0. The second-order valence-corrected chi connectivity index (χ2v) is 3.94. The molecular weight excluding hydrogens is 299 g/mol. The summed E-state index contributed by atoms with van der Waals surface area (Å²) in [7, 11) is 0. The van der Waals surface area contributed by atoms with Crippen LogP contribution >= 0.6 is 0 Å². The predicted octanol–water partition coefficient (Wildman–Crippen LogP) is 3.48. The summed E-state index contributed by atoms with van der Waals surface area (Å²) in [6, 6.07) is 9.98. The van der Waals surface area contributed by atoms with Crippen LogP contribution in [0, 0.1) is 0 Å². The third-order valence-corrected chi connectivity index (χ3v) is 2.83. The Hall–Kier alpha value is -1.34. The van der Waals surface area contributed by atoms with Gasteiger partial charge in [-0.2, -0.15) is 0 Å². The molecule has 0 saturated carbocycles. The second-order valence-electron chi connectivity index (χ2n) is 3.94. The summed E-state index contributed by atoms with van der Waals surface area (Å²) in [5.41, 5.74) is 4.37. The van der Waals surface area contributed by atoms with Crippen molar-refractivity contribution >= 4 is 5.57 Å². The van der Waals surface area contributed by atoms with Gasteiger partial charge < -0.3 is 0 Å². The van der Waals surface area contributed by atoms with E-state index in [1.54, 1.807) is 6.20 Å². The van der Waals surface area contributed by atoms with Gasteiger partial charge in [0, 0.05) is 44.2 Å². The Morgan fingerprint density at radius 1 is 0.944 bits per heavy atom. The van der Waals surface area contributed by atoms with Crippen LogP contribution in [0.25, 0.3) is 17.0 Å². The van der Waals surface area contributed by atoms with E-state index >= 15 is 0 Å². The van der Waals surface area contributed by atoms with Gasteiger partial charge in [-0.15, -0.1) is 0 Å². The average molecular weight is 311 g/mol. The van der Waals surface area contributed by atoms with E-state index < -0.39 is 0 Å². The quantitative estimate of drug-likeness (QED) is 0.848. The van der Waals surface area contributed by atoms with Crippen LogP contribution in [0.5, 0.6) is 0 Å². The summed E-state index contributed by atoms with van der Waals surface area (Å²) in [6.07, 6.45) is 11.0. The molecule has 0 spiro atoms. The number of nitrogens with zero attached hydrogens (tertiary/aromatic N) is 2. The molecule has 3 heteroatoms. The molecule has 0 saturated heterocycles. The molecule has 0 radical (unpaired) electrons.